The molecule has 9 heteroatoms. The summed E-state index contributed by atoms with van der Waals surface area (Å²) in [4.78, 5) is 26.2. The SMILES string of the molecule is Cc1ccc(C(=O)N2CCN(S(=O)(=O)c3ccc4c(c3)NC(=O)[C@H](C)O4)CC2)cc1. The van der Waals surface area contributed by atoms with Crippen LogP contribution in [-0.2, 0) is 14.8 Å². The third-order valence-corrected chi connectivity index (χ3v) is 7.24. The number of anilines is 1. The summed E-state index contributed by atoms with van der Waals surface area (Å²) in [6.07, 6.45) is -0.626. The highest BCUT2D eigenvalue weighted by atomic mass is 32.2. The lowest BCUT2D eigenvalue weighted by Crippen LogP contribution is -2.50. The van der Waals surface area contributed by atoms with Crippen molar-refractivity contribution >= 4 is 27.5 Å². The average molecular weight is 429 g/mol. The lowest BCUT2D eigenvalue weighted by Gasteiger charge is -2.34. The highest BCUT2D eigenvalue weighted by Gasteiger charge is 2.32. The van der Waals surface area contributed by atoms with Crippen LogP contribution >= 0.6 is 0 Å². The second kappa shape index (κ2) is 7.73. The number of carbonyl (C=O) groups is 2. The van der Waals surface area contributed by atoms with E-state index in [9.17, 15) is 18.0 Å². The fourth-order valence-electron chi connectivity index (χ4n) is 3.51. The molecule has 2 amide bonds. The normalized spacial score (nSPS) is 19.6. The number of carbonyl (C=O) groups excluding carboxylic acids is 2. The van der Waals surface area contributed by atoms with E-state index in [2.05, 4.69) is 5.32 Å². The highest BCUT2D eigenvalue weighted by molar-refractivity contribution is 7.89. The molecular formula is C21H23N3O5S. The molecule has 2 aromatic rings. The summed E-state index contributed by atoms with van der Waals surface area (Å²) in [6.45, 7) is 4.62. The molecule has 30 heavy (non-hydrogen) atoms. The van der Waals surface area contributed by atoms with Crippen molar-refractivity contribution in [1.29, 1.82) is 0 Å². The molecule has 158 valence electrons. The number of sulfonamides is 1. The van der Waals surface area contributed by atoms with Gasteiger partial charge in [0.05, 0.1) is 10.6 Å². The van der Waals surface area contributed by atoms with E-state index in [1.54, 1.807) is 30.0 Å². The van der Waals surface area contributed by atoms with Gasteiger partial charge in [-0.15, -0.1) is 0 Å². The second-order valence-electron chi connectivity index (χ2n) is 7.47. The predicted octanol–water partition coefficient (Wildman–Crippen LogP) is 1.86. The Hall–Kier alpha value is -2.91. The number of piperazine rings is 1. The van der Waals surface area contributed by atoms with Gasteiger partial charge in [-0.05, 0) is 44.2 Å². The molecule has 4 rings (SSSR count). The van der Waals surface area contributed by atoms with E-state index in [0.29, 0.717) is 30.1 Å². The van der Waals surface area contributed by atoms with Gasteiger partial charge in [-0.3, -0.25) is 9.59 Å². The monoisotopic (exact) mass is 429 g/mol. The summed E-state index contributed by atoms with van der Waals surface area (Å²) in [5, 5.41) is 2.67. The van der Waals surface area contributed by atoms with Gasteiger partial charge in [0.25, 0.3) is 11.8 Å². The lowest BCUT2D eigenvalue weighted by molar-refractivity contribution is -0.122. The van der Waals surface area contributed by atoms with Crippen molar-refractivity contribution in [3.8, 4) is 5.75 Å². The molecule has 1 N–H and O–H groups in total. The fourth-order valence-corrected chi connectivity index (χ4v) is 4.96. The number of hydrogen-bond donors (Lipinski definition) is 1. The summed E-state index contributed by atoms with van der Waals surface area (Å²) in [6, 6.07) is 11.8. The van der Waals surface area contributed by atoms with Gasteiger partial charge in [0.2, 0.25) is 10.0 Å². The van der Waals surface area contributed by atoms with Crippen LogP contribution in [0.4, 0.5) is 5.69 Å². The predicted molar refractivity (Wildman–Crippen MR) is 111 cm³/mol. The number of ether oxygens (including phenoxy) is 1. The van der Waals surface area contributed by atoms with Crippen LogP contribution in [0.1, 0.15) is 22.8 Å². The van der Waals surface area contributed by atoms with Gasteiger partial charge >= 0.3 is 0 Å². The molecule has 0 aliphatic carbocycles. The first-order chi connectivity index (χ1) is 14.3. The van der Waals surface area contributed by atoms with Gasteiger partial charge in [0, 0.05) is 31.7 Å². The zero-order valence-corrected chi connectivity index (χ0v) is 17.6. The van der Waals surface area contributed by atoms with E-state index in [0.717, 1.165) is 5.56 Å². The topological polar surface area (TPSA) is 96.0 Å². The molecule has 8 nitrogen and oxygen atoms in total. The molecule has 1 saturated heterocycles. The standard InChI is InChI=1S/C21H23N3O5S/c1-14-3-5-16(6-4-14)21(26)23-9-11-24(12-10-23)30(27,28)17-7-8-19-18(13-17)22-20(25)15(2)29-19/h3-8,13,15H,9-12H2,1-2H3,(H,22,25)/t15-/m0/s1. The smallest absolute Gasteiger partial charge is 0.265 e. The molecule has 2 aromatic carbocycles. The highest BCUT2D eigenvalue weighted by Crippen LogP contribution is 2.33. The Balaban J connectivity index is 1.46. The molecule has 2 aliphatic rings. The third kappa shape index (κ3) is 3.78. The molecule has 0 bridgehead atoms. The van der Waals surface area contributed by atoms with Gasteiger partial charge < -0.3 is 15.0 Å². The first-order valence-electron chi connectivity index (χ1n) is 9.73. The summed E-state index contributed by atoms with van der Waals surface area (Å²) in [5.74, 6) is 0.0182. The van der Waals surface area contributed by atoms with Crippen LogP contribution in [0.15, 0.2) is 47.4 Å². The second-order valence-corrected chi connectivity index (χ2v) is 9.41. The summed E-state index contributed by atoms with van der Waals surface area (Å²) in [7, 11) is -3.76. The Kier molecular flexibility index (Phi) is 5.25. The van der Waals surface area contributed by atoms with Crippen molar-refractivity contribution in [2.24, 2.45) is 0 Å². The van der Waals surface area contributed by atoms with Crippen LogP contribution < -0.4 is 10.1 Å². The van der Waals surface area contributed by atoms with Crippen LogP contribution in [0.5, 0.6) is 5.75 Å². The zero-order chi connectivity index (χ0) is 21.5. The maximum absolute atomic E-state index is 13.1. The number of amides is 2. The summed E-state index contributed by atoms with van der Waals surface area (Å²) < 4.78 is 33.0. The van der Waals surface area contributed by atoms with Gasteiger partial charge in [-0.2, -0.15) is 4.31 Å². The molecule has 2 heterocycles. The molecule has 1 fully saturated rings. The molecule has 0 spiro atoms. The lowest BCUT2D eigenvalue weighted by atomic mass is 10.1. The van der Waals surface area contributed by atoms with E-state index in [1.807, 2.05) is 19.1 Å². The average Bonchev–Trinajstić information content (AvgIpc) is 2.74. The van der Waals surface area contributed by atoms with E-state index in [1.165, 1.54) is 16.4 Å². The fraction of sp³-hybridized carbons (Fsp3) is 0.333. The Morgan fingerprint density at radius 3 is 2.40 bits per heavy atom. The minimum Gasteiger partial charge on any atom is -0.479 e. The first-order valence-corrected chi connectivity index (χ1v) is 11.2. The van der Waals surface area contributed by atoms with Gasteiger partial charge in [0.15, 0.2) is 6.10 Å². The molecule has 0 aromatic heterocycles. The van der Waals surface area contributed by atoms with Crippen molar-refractivity contribution < 1.29 is 22.7 Å². The molecular weight excluding hydrogens is 406 g/mol. The van der Waals surface area contributed by atoms with Crippen molar-refractivity contribution in [3.63, 3.8) is 0 Å². The van der Waals surface area contributed by atoms with Crippen molar-refractivity contribution in [1.82, 2.24) is 9.21 Å². The number of nitrogens with one attached hydrogen (secondary N) is 1. The Labute approximate surface area is 175 Å². The zero-order valence-electron chi connectivity index (χ0n) is 16.8. The van der Waals surface area contributed by atoms with Crippen molar-refractivity contribution in [3.05, 3.63) is 53.6 Å². The number of aryl methyl sites for hydroxylation is 1. The van der Waals surface area contributed by atoms with E-state index < -0.39 is 16.1 Å². The number of nitrogens with zero attached hydrogens (tertiary/aromatic N) is 2. The Morgan fingerprint density at radius 2 is 1.73 bits per heavy atom. The Bertz CT molecular complexity index is 1090. The van der Waals surface area contributed by atoms with Crippen LogP contribution in [0.2, 0.25) is 0 Å². The van der Waals surface area contributed by atoms with Crippen LogP contribution in [0.3, 0.4) is 0 Å². The van der Waals surface area contributed by atoms with Gasteiger partial charge in [-0.25, -0.2) is 8.42 Å². The number of rotatable bonds is 3. The third-order valence-electron chi connectivity index (χ3n) is 5.34. The quantitative estimate of drug-likeness (QED) is 0.804. The van der Waals surface area contributed by atoms with E-state index in [4.69, 9.17) is 4.74 Å². The number of fused-ring (bicyclic) bond motifs is 1. The minimum atomic E-state index is -3.76. The van der Waals surface area contributed by atoms with E-state index >= 15 is 0 Å². The van der Waals surface area contributed by atoms with E-state index in [-0.39, 0.29) is 29.8 Å². The van der Waals surface area contributed by atoms with Gasteiger partial charge in [-0.1, -0.05) is 17.7 Å². The summed E-state index contributed by atoms with van der Waals surface area (Å²) in [5.41, 5.74) is 2.01. The Morgan fingerprint density at radius 1 is 1.07 bits per heavy atom. The molecule has 0 unspecified atom stereocenters. The van der Waals surface area contributed by atoms with Crippen LogP contribution in [-0.4, -0.2) is 61.7 Å². The van der Waals surface area contributed by atoms with Crippen molar-refractivity contribution in [2.75, 3.05) is 31.5 Å². The molecule has 1 atom stereocenters. The first kappa shape index (κ1) is 20.4. The van der Waals surface area contributed by atoms with Crippen LogP contribution in [0, 0.1) is 6.92 Å². The minimum absolute atomic E-state index is 0.0815. The van der Waals surface area contributed by atoms with Crippen LogP contribution in [0.25, 0.3) is 0 Å². The molecule has 0 radical (unpaired) electrons. The molecule has 2 aliphatic heterocycles. The van der Waals surface area contributed by atoms with Crippen molar-refractivity contribution in [2.45, 2.75) is 24.8 Å². The summed E-state index contributed by atoms with van der Waals surface area (Å²) >= 11 is 0. The number of benzene rings is 2. The molecule has 0 saturated carbocycles. The van der Waals surface area contributed by atoms with Gasteiger partial charge in [0.1, 0.15) is 5.75 Å². The largest absolute Gasteiger partial charge is 0.479 e. The maximum atomic E-state index is 13.1. The maximum Gasteiger partial charge on any atom is 0.265 e. The number of hydrogen-bond acceptors (Lipinski definition) is 5.